The lowest BCUT2D eigenvalue weighted by molar-refractivity contribution is -0.142. The summed E-state index contributed by atoms with van der Waals surface area (Å²) in [6.45, 7) is 2.11. The molecule has 22 heteroatoms. The second kappa shape index (κ2) is 27.3. The molecular weight excluding hydrogens is 903 g/mol. The van der Waals surface area contributed by atoms with Crippen LogP contribution in [0, 0.1) is 0 Å². The molecule has 1 aliphatic rings. The molecule has 2 aromatic carbocycles. The van der Waals surface area contributed by atoms with Crippen LogP contribution in [0.1, 0.15) is 88.0 Å². The van der Waals surface area contributed by atoms with Gasteiger partial charge < -0.3 is 63.8 Å². The number of nitrogens with two attached hydrogens (primary N) is 2. The molecule has 4 aromatic rings. The van der Waals surface area contributed by atoms with E-state index in [1.165, 1.54) is 12.5 Å². The van der Waals surface area contributed by atoms with Crippen LogP contribution >= 0.6 is 0 Å². The van der Waals surface area contributed by atoms with Crippen molar-refractivity contribution in [3.05, 3.63) is 90.1 Å². The van der Waals surface area contributed by atoms with E-state index in [9.17, 15) is 43.5 Å². The average Bonchev–Trinajstić information content (AvgIpc) is 4.01. The summed E-state index contributed by atoms with van der Waals surface area (Å²) in [6, 6.07) is 7.80. The predicted octanol–water partition coefficient (Wildman–Crippen LogP) is 0.236. The van der Waals surface area contributed by atoms with Crippen LogP contribution in [0.25, 0.3) is 10.9 Å². The van der Waals surface area contributed by atoms with Gasteiger partial charge in [-0.25, -0.2) is 9.78 Å². The molecule has 7 amide bonds. The van der Waals surface area contributed by atoms with Crippen LogP contribution in [0.3, 0.4) is 0 Å². The third-order valence-electron chi connectivity index (χ3n) is 11.7. The van der Waals surface area contributed by atoms with Crippen molar-refractivity contribution in [3.8, 4) is 0 Å². The van der Waals surface area contributed by atoms with E-state index < -0.39 is 90.0 Å². The number of imidazole rings is 1. The van der Waals surface area contributed by atoms with E-state index in [1.807, 2.05) is 31.2 Å². The van der Waals surface area contributed by atoms with Gasteiger partial charge in [0.2, 0.25) is 41.4 Å². The molecule has 1 aliphatic heterocycles. The first-order valence-electron chi connectivity index (χ1n) is 23.6. The Morgan fingerprint density at radius 3 is 2.11 bits per heavy atom. The quantitative estimate of drug-likeness (QED) is 0.0408. The standard InChI is InChI=1S/C48H65N13O9/c1-2-3-5-19-40(62)56-39-25-41(63)52-20-11-10-17-35(47(69)70)58-44(66)37(23-30-26-54-33-16-9-8-15-32(30)33)60-42(64)34(18-12-21-53-48(49)50)57-43(65)36(22-29-13-6-4-7-14-29)59-45(67)38(61-46(39)68)24-31-27-51-28-55-31/h4,6-9,13-16,26-28,34-39,54H,2-3,5,10-12,17-25H2,1H3,(H,51,55)(H,52,63)(H,56,62)(H,57,65)(H,58,66)(H,59,67)(H,60,64)(H,61,68)(H,69,70)(H4,49,50,53)/t34-,35-,36+,37-,38-,39-/m0/s1. The van der Waals surface area contributed by atoms with E-state index in [1.54, 1.807) is 36.5 Å². The highest BCUT2D eigenvalue weighted by molar-refractivity contribution is 5.98. The van der Waals surface area contributed by atoms with Crippen LogP contribution in [0.2, 0.25) is 0 Å². The molecule has 5 rings (SSSR count). The van der Waals surface area contributed by atoms with E-state index in [0.717, 1.165) is 23.7 Å². The number of amides is 7. The van der Waals surface area contributed by atoms with E-state index in [2.05, 4.69) is 57.2 Å². The van der Waals surface area contributed by atoms with E-state index in [0.29, 0.717) is 23.2 Å². The minimum Gasteiger partial charge on any atom is -0.480 e. The number of unbranched alkanes of at least 4 members (excludes halogenated alkanes) is 2. The Hall–Kier alpha value is -7.78. The zero-order valence-electron chi connectivity index (χ0n) is 39.3. The first-order chi connectivity index (χ1) is 33.7. The Kier molecular flexibility index (Phi) is 20.7. The predicted molar refractivity (Wildman–Crippen MR) is 259 cm³/mol. The van der Waals surface area contributed by atoms with E-state index >= 15 is 0 Å². The molecular formula is C48H65N13O9. The lowest BCUT2D eigenvalue weighted by Gasteiger charge is -2.27. The lowest BCUT2D eigenvalue weighted by atomic mass is 10.0. The molecule has 70 heavy (non-hydrogen) atoms. The SMILES string of the molecule is CCCCCC(=O)N[C@H]1CC(=O)NCCCC[C@@H](C(=O)O)NC(=O)[C@H](Cc2c[nH]c3ccccc23)NC(=O)[C@H](CCCN=C(N)N)NC(=O)[C@@H](Cc2ccccc2)NC(=O)[C@H](Cc2cnc[nH]2)NC1=O. The number of rotatable bonds is 16. The summed E-state index contributed by atoms with van der Waals surface area (Å²) in [5.74, 6) is -6.66. The number of hydrogen-bond acceptors (Lipinski definition) is 10. The third kappa shape index (κ3) is 17.1. The smallest absolute Gasteiger partial charge is 0.326 e. The highest BCUT2D eigenvalue weighted by Crippen LogP contribution is 2.20. The van der Waals surface area contributed by atoms with Crippen molar-refractivity contribution in [2.24, 2.45) is 16.5 Å². The number of carbonyl (C=O) groups excluding carboxylic acids is 7. The number of fused-ring (bicyclic) bond motifs is 1. The van der Waals surface area contributed by atoms with Crippen molar-refractivity contribution >= 4 is 64.2 Å². The van der Waals surface area contributed by atoms with Gasteiger partial charge in [-0.1, -0.05) is 68.3 Å². The van der Waals surface area contributed by atoms with E-state index in [4.69, 9.17) is 11.5 Å². The maximum atomic E-state index is 14.6. The van der Waals surface area contributed by atoms with Gasteiger partial charge in [-0.05, 0) is 55.7 Å². The number of aliphatic imine (C=N–C) groups is 1. The van der Waals surface area contributed by atoms with Gasteiger partial charge in [0.15, 0.2) is 5.96 Å². The van der Waals surface area contributed by atoms with Gasteiger partial charge in [-0.15, -0.1) is 0 Å². The Morgan fingerprint density at radius 2 is 1.41 bits per heavy atom. The molecule has 0 aliphatic carbocycles. The molecule has 6 atom stereocenters. The number of benzene rings is 2. The summed E-state index contributed by atoms with van der Waals surface area (Å²) in [5, 5.41) is 29.9. The van der Waals surface area contributed by atoms with Crippen LogP contribution in [0.15, 0.2) is 78.3 Å². The number of aliphatic carboxylic acids is 1. The molecule has 14 N–H and O–H groups in total. The molecule has 0 bridgehead atoms. The van der Waals surface area contributed by atoms with Crippen molar-refractivity contribution in [1.82, 2.24) is 52.2 Å². The van der Waals surface area contributed by atoms with Gasteiger partial charge >= 0.3 is 5.97 Å². The lowest BCUT2D eigenvalue weighted by Crippen LogP contribution is -2.60. The topological polar surface area (TPSA) is 350 Å². The molecule has 22 nitrogen and oxygen atoms in total. The zero-order chi connectivity index (χ0) is 50.4. The van der Waals surface area contributed by atoms with Crippen LogP contribution in [0.4, 0.5) is 0 Å². The zero-order valence-corrected chi connectivity index (χ0v) is 39.3. The van der Waals surface area contributed by atoms with Crippen molar-refractivity contribution in [3.63, 3.8) is 0 Å². The van der Waals surface area contributed by atoms with Crippen LogP contribution in [-0.4, -0.2) is 123 Å². The van der Waals surface area contributed by atoms with Crippen LogP contribution in [0.5, 0.6) is 0 Å². The molecule has 0 unspecified atom stereocenters. The second-order valence-electron chi connectivity index (χ2n) is 17.3. The molecule has 0 radical (unpaired) electrons. The largest absolute Gasteiger partial charge is 0.480 e. The molecule has 3 heterocycles. The van der Waals surface area contributed by atoms with Gasteiger partial charge in [-0.2, -0.15) is 0 Å². The van der Waals surface area contributed by atoms with Crippen LogP contribution in [-0.2, 0) is 57.6 Å². The van der Waals surface area contributed by atoms with Gasteiger partial charge in [-0.3, -0.25) is 38.6 Å². The summed E-state index contributed by atoms with van der Waals surface area (Å²) < 4.78 is 0. The number of carbonyl (C=O) groups is 8. The second-order valence-corrected chi connectivity index (χ2v) is 17.3. The summed E-state index contributed by atoms with van der Waals surface area (Å²) in [4.78, 5) is 125. The third-order valence-corrected chi connectivity index (χ3v) is 11.7. The Labute approximate surface area is 405 Å². The molecule has 1 saturated heterocycles. The fourth-order valence-electron chi connectivity index (χ4n) is 7.98. The monoisotopic (exact) mass is 968 g/mol. The Balaban J connectivity index is 1.53. The highest BCUT2D eigenvalue weighted by atomic mass is 16.4. The normalized spacial score (nSPS) is 21.5. The first-order valence-corrected chi connectivity index (χ1v) is 23.6. The van der Waals surface area contributed by atoms with Crippen molar-refractivity contribution in [2.45, 2.75) is 127 Å². The molecule has 1 fully saturated rings. The number of nitrogens with zero attached hydrogens (tertiary/aromatic N) is 2. The van der Waals surface area contributed by atoms with Gasteiger partial charge in [0, 0.05) is 67.8 Å². The summed E-state index contributed by atoms with van der Waals surface area (Å²) in [6.07, 6.45) is 6.55. The van der Waals surface area contributed by atoms with Crippen molar-refractivity contribution in [2.75, 3.05) is 13.1 Å². The van der Waals surface area contributed by atoms with Gasteiger partial charge in [0.05, 0.1) is 12.7 Å². The van der Waals surface area contributed by atoms with Crippen molar-refractivity contribution in [1.29, 1.82) is 0 Å². The van der Waals surface area contributed by atoms with Crippen molar-refractivity contribution < 1.29 is 43.5 Å². The molecule has 376 valence electrons. The minimum absolute atomic E-state index is 0.0453. The first kappa shape index (κ1) is 53.2. The fraction of sp³-hybridized carbons (Fsp3) is 0.458. The Morgan fingerprint density at radius 1 is 0.757 bits per heavy atom. The number of aromatic amines is 2. The average molecular weight is 968 g/mol. The number of hydrogen-bond donors (Lipinski definition) is 12. The van der Waals surface area contributed by atoms with Gasteiger partial charge in [0.1, 0.15) is 36.3 Å². The number of guanidine groups is 1. The maximum Gasteiger partial charge on any atom is 0.326 e. The van der Waals surface area contributed by atoms with Crippen LogP contribution < -0.4 is 48.7 Å². The number of para-hydroxylation sites is 1. The number of carboxylic acids is 1. The minimum atomic E-state index is -1.42. The van der Waals surface area contributed by atoms with E-state index in [-0.39, 0.29) is 76.8 Å². The maximum absolute atomic E-state index is 14.6. The molecule has 2 aromatic heterocycles. The number of H-pyrrole nitrogens is 2. The summed E-state index contributed by atoms with van der Waals surface area (Å²) in [5.41, 5.74) is 13.6. The number of nitrogens with one attached hydrogen (secondary N) is 9. The number of carboxylic acid groups (broad SMARTS) is 1. The fourth-order valence-corrected chi connectivity index (χ4v) is 7.98. The highest BCUT2D eigenvalue weighted by Gasteiger charge is 2.35. The Bertz CT molecular complexity index is 2420. The summed E-state index contributed by atoms with van der Waals surface area (Å²) >= 11 is 0. The number of aromatic nitrogens is 3. The summed E-state index contributed by atoms with van der Waals surface area (Å²) in [7, 11) is 0. The molecule has 0 spiro atoms. The molecule has 0 saturated carbocycles. The van der Waals surface area contributed by atoms with Gasteiger partial charge in [0.25, 0.3) is 0 Å².